The first kappa shape index (κ1) is 14.5. The molecule has 0 aliphatic carbocycles. The Bertz CT molecular complexity index is 543. The molecular weight excluding hydrogens is 267 g/mol. The monoisotopic (exact) mass is 290 g/mol. The molecule has 3 rings (SSSR count). The lowest BCUT2D eigenvalue weighted by Crippen LogP contribution is -2.47. The van der Waals surface area contributed by atoms with Crippen LogP contribution in [0.4, 0.5) is 4.39 Å². The fraction of sp³-hybridized carbons (Fsp3) is 0.588. The summed E-state index contributed by atoms with van der Waals surface area (Å²) in [7, 11) is 0. The molecule has 114 valence electrons. The zero-order chi connectivity index (χ0) is 15.0. The lowest BCUT2D eigenvalue weighted by Gasteiger charge is -2.33. The summed E-state index contributed by atoms with van der Waals surface area (Å²) in [6, 6.07) is 7.38. The van der Waals surface area contributed by atoms with Gasteiger partial charge in [-0.05, 0) is 50.8 Å². The summed E-state index contributed by atoms with van der Waals surface area (Å²) >= 11 is 0. The lowest BCUT2D eigenvalue weighted by atomic mass is 9.83. The van der Waals surface area contributed by atoms with Gasteiger partial charge in [-0.2, -0.15) is 0 Å². The van der Waals surface area contributed by atoms with E-state index in [9.17, 15) is 9.18 Å². The third kappa shape index (κ3) is 2.82. The summed E-state index contributed by atoms with van der Waals surface area (Å²) < 4.78 is 13.5. The van der Waals surface area contributed by atoms with Crippen LogP contribution in [-0.4, -0.2) is 36.0 Å². The molecule has 1 N–H and O–H groups in total. The predicted octanol–water partition coefficient (Wildman–Crippen LogP) is 2.46. The Morgan fingerprint density at radius 3 is 2.81 bits per heavy atom. The van der Waals surface area contributed by atoms with E-state index >= 15 is 0 Å². The van der Waals surface area contributed by atoms with Crippen molar-refractivity contribution in [3.05, 3.63) is 35.6 Å². The molecule has 0 radical (unpaired) electrons. The Morgan fingerprint density at radius 1 is 1.29 bits per heavy atom. The van der Waals surface area contributed by atoms with E-state index in [1.165, 1.54) is 18.6 Å². The van der Waals surface area contributed by atoms with E-state index in [0.29, 0.717) is 12.1 Å². The van der Waals surface area contributed by atoms with Crippen LogP contribution in [0.5, 0.6) is 0 Å². The third-order valence-corrected chi connectivity index (χ3v) is 4.89. The Morgan fingerprint density at radius 2 is 2.05 bits per heavy atom. The first-order valence-corrected chi connectivity index (χ1v) is 7.78. The maximum Gasteiger partial charge on any atom is 0.232 e. The normalized spacial score (nSPS) is 25.8. The summed E-state index contributed by atoms with van der Waals surface area (Å²) in [5.74, 6) is -0.188. The van der Waals surface area contributed by atoms with E-state index in [-0.39, 0.29) is 11.7 Å². The molecule has 2 atom stereocenters. The van der Waals surface area contributed by atoms with Crippen LogP contribution in [0, 0.1) is 5.82 Å². The van der Waals surface area contributed by atoms with Crippen molar-refractivity contribution in [2.75, 3.05) is 13.1 Å². The van der Waals surface area contributed by atoms with E-state index in [4.69, 9.17) is 0 Å². The second-order valence-corrected chi connectivity index (χ2v) is 6.81. The largest absolute Gasteiger partial charge is 0.340 e. The number of carbonyl (C=O) groups excluding carboxylic acids is 1. The minimum Gasteiger partial charge on any atom is -0.340 e. The number of amides is 1. The van der Waals surface area contributed by atoms with E-state index in [1.807, 2.05) is 24.8 Å². The highest BCUT2D eigenvalue weighted by molar-refractivity contribution is 5.87. The summed E-state index contributed by atoms with van der Waals surface area (Å²) in [5, 5.41) is 3.58. The van der Waals surface area contributed by atoms with Crippen molar-refractivity contribution in [3.8, 4) is 0 Å². The van der Waals surface area contributed by atoms with Gasteiger partial charge in [0.05, 0.1) is 5.41 Å². The molecule has 1 amide bonds. The molecule has 2 fully saturated rings. The Balaban J connectivity index is 1.80. The molecule has 0 spiro atoms. The quantitative estimate of drug-likeness (QED) is 0.907. The van der Waals surface area contributed by atoms with Crippen LogP contribution in [-0.2, 0) is 10.2 Å². The highest BCUT2D eigenvalue weighted by Crippen LogP contribution is 2.29. The number of nitrogens with zero attached hydrogens (tertiary/aromatic N) is 1. The standard InChI is InChI=1S/C17H23FN2O/c1-17(2,12-4-3-5-13(18)10-12)16(21)20-9-8-14-6-7-15(11-20)19-14/h3-5,10,14-15,19H,6-9,11H2,1-2H3. The van der Waals surface area contributed by atoms with Gasteiger partial charge >= 0.3 is 0 Å². The van der Waals surface area contributed by atoms with Gasteiger partial charge in [-0.3, -0.25) is 4.79 Å². The van der Waals surface area contributed by atoms with Gasteiger partial charge in [-0.1, -0.05) is 12.1 Å². The van der Waals surface area contributed by atoms with Crippen molar-refractivity contribution >= 4 is 5.91 Å². The SMILES string of the molecule is CC(C)(C(=O)N1CCC2CCC(C1)N2)c1cccc(F)c1. The van der Waals surface area contributed by atoms with E-state index in [1.54, 1.807) is 6.07 Å². The van der Waals surface area contributed by atoms with Crippen molar-refractivity contribution in [1.82, 2.24) is 10.2 Å². The smallest absolute Gasteiger partial charge is 0.232 e. The molecule has 2 saturated heterocycles. The van der Waals surface area contributed by atoms with E-state index in [2.05, 4.69) is 5.32 Å². The van der Waals surface area contributed by atoms with Crippen LogP contribution in [0.25, 0.3) is 0 Å². The number of rotatable bonds is 2. The van der Waals surface area contributed by atoms with Crippen LogP contribution >= 0.6 is 0 Å². The van der Waals surface area contributed by atoms with Gasteiger partial charge in [0.15, 0.2) is 0 Å². The summed E-state index contributed by atoms with van der Waals surface area (Å²) in [6.07, 6.45) is 3.39. The lowest BCUT2D eigenvalue weighted by molar-refractivity contribution is -0.136. The van der Waals surface area contributed by atoms with Crippen molar-refractivity contribution < 1.29 is 9.18 Å². The third-order valence-electron chi connectivity index (χ3n) is 4.89. The summed E-state index contributed by atoms with van der Waals surface area (Å²) in [6.45, 7) is 5.35. The number of nitrogens with one attached hydrogen (secondary N) is 1. The number of halogens is 1. The fourth-order valence-corrected chi connectivity index (χ4v) is 3.52. The summed E-state index contributed by atoms with van der Waals surface area (Å²) in [5.41, 5.74) is 0.0564. The second-order valence-electron chi connectivity index (χ2n) is 6.81. The molecular formula is C17H23FN2O. The van der Waals surface area contributed by atoms with Crippen molar-refractivity contribution in [1.29, 1.82) is 0 Å². The first-order chi connectivity index (χ1) is 9.96. The summed E-state index contributed by atoms with van der Waals surface area (Å²) in [4.78, 5) is 14.9. The maximum absolute atomic E-state index is 13.5. The number of likely N-dealkylation sites (tertiary alicyclic amines) is 1. The molecule has 21 heavy (non-hydrogen) atoms. The zero-order valence-electron chi connectivity index (χ0n) is 12.7. The highest BCUT2D eigenvalue weighted by atomic mass is 19.1. The van der Waals surface area contributed by atoms with Crippen LogP contribution in [0.15, 0.2) is 24.3 Å². The molecule has 2 aliphatic rings. The zero-order valence-corrected chi connectivity index (χ0v) is 12.7. The molecule has 3 nitrogen and oxygen atoms in total. The molecule has 0 aromatic heterocycles. The minimum absolute atomic E-state index is 0.0995. The molecule has 2 aliphatic heterocycles. The molecule has 2 unspecified atom stereocenters. The van der Waals surface area contributed by atoms with Crippen molar-refractivity contribution in [2.45, 2.75) is 50.6 Å². The predicted molar refractivity (Wildman–Crippen MR) is 80.6 cm³/mol. The second kappa shape index (κ2) is 5.41. The Hall–Kier alpha value is -1.42. The highest BCUT2D eigenvalue weighted by Gasteiger charge is 2.38. The van der Waals surface area contributed by atoms with Crippen LogP contribution in [0.3, 0.4) is 0 Å². The molecule has 2 bridgehead atoms. The molecule has 4 heteroatoms. The Labute approximate surface area is 125 Å². The molecule has 0 saturated carbocycles. The van der Waals surface area contributed by atoms with Gasteiger partial charge in [0.1, 0.15) is 5.82 Å². The number of hydrogen-bond donors (Lipinski definition) is 1. The van der Waals surface area contributed by atoms with Gasteiger partial charge < -0.3 is 10.2 Å². The average Bonchev–Trinajstić information content (AvgIpc) is 2.77. The van der Waals surface area contributed by atoms with Crippen LogP contribution in [0.1, 0.15) is 38.7 Å². The Kier molecular flexibility index (Phi) is 3.74. The topological polar surface area (TPSA) is 32.3 Å². The van der Waals surface area contributed by atoms with Gasteiger partial charge in [-0.15, -0.1) is 0 Å². The van der Waals surface area contributed by atoms with Gasteiger partial charge in [0.25, 0.3) is 0 Å². The van der Waals surface area contributed by atoms with Gasteiger partial charge in [0.2, 0.25) is 5.91 Å². The van der Waals surface area contributed by atoms with Crippen LogP contribution < -0.4 is 5.32 Å². The van der Waals surface area contributed by atoms with E-state index < -0.39 is 5.41 Å². The fourth-order valence-electron chi connectivity index (χ4n) is 3.52. The maximum atomic E-state index is 13.5. The molecule has 2 heterocycles. The van der Waals surface area contributed by atoms with Crippen molar-refractivity contribution in [2.24, 2.45) is 0 Å². The minimum atomic E-state index is -0.689. The average molecular weight is 290 g/mol. The van der Waals surface area contributed by atoms with Gasteiger partial charge in [0, 0.05) is 25.2 Å². The van der Waals surface area contributed by atoms with Crippen molar-refractivity contribution in [3.63, 3.8) is 0 Å². The van der Waals surface area contributed by atoms with E-state index in [0.717, 1.165) is 31.5 Å². The molecule has 1 aromatic carbocycles. The number of benzene rings is 1. The van der Waals surface area contributed by atoms with Gasteiger partial charge in [-0.25, -0.2) is 4.39 Å². The molecule has 1 aromatic rings. The van der Waals surface area contributed by atoms with Crippen LogP contribution in [0.2, 0.25) is 0 Å². The number of fused-ring (bicyclic) bond motifs is 2. The number of hydrogen-bond acceptors (Lipinski definition) is 2. The first-order valence-electron chi connectivity index (χ1n) is 7.78. The number of carbonyl (C=O) groups is 1.